The summed E-state index contributed by atoms with van der Waals surface area (Å²) in [7, 11) is 0. The zero-order chi connectivity index (χ0) is 14.5. The van der Waals surface area contributed by atoms with E-state index < -0.39 is 11.7 Å². The molecule has 0 unspecified atom stereocenters. The molecule has 0 fully saturated rings. The van der Waals surface area contributed by atoms with Crippen LogP contribution in [0.4, 0.5) is 16.2 Å². The van der Waals surface area contributed by atoms with Crippen molar-refractivity contribution in [2.45, 2.75) is 40.2 Å². The van der Waals surface area contributed by atoms with E-state index >= 15 is 0 Å². The molecular formula is C15H24N2O2. The van der Waals surface area contributed by atoms with E-state index in [0.717, 1.165) is 17.9 Å². The van der Waals surface area contributed by atoms with Crippen molar-refractivity contribution in [1.29, 1.82) is 0 Å². The molecule has 0 aliphatic carbocycles. The molecule has 4 nitrogen and oxygen atoms in total. The second-order valence-electron chi connectivity index (χ2n) is 5.98. The molecule has 1 aromatic carbocycles. The Bertz CT molecular complexity index is 422. The molecule has 0 heterocycles. The summed E-state index contributed by atoms with van der Waals surface area (Å²) in [6.07, 6.45) is -0.437. The van der Waals surface area contributed by atoms with Gasteiger partial charge in [-0.2, -0.15) is 0 Å². The zero-order valence-electron chi connectivity index (χ0n) is 12.4. The van der Waals surface area contributed by atoms with Gasteiger partial charge in [-0.05, 0) is 44.9 Å². The Labute approximate surface area is 115 Å². The van der Waals surface area contributed by atoms with Crippen LogP contribution in [0.3, 0.4) is 0 Å². The van der Waals surface area contributed by atoms with Crippen LogP contribution in [0.15, 0.2) is 24.3 Å². The number of hydrogen-bond donors (Lipinski definition) is 2. The first-order valence-electron chi connectivity index (χ1n) is 6.60. The van der Waals surface area contributed by atoms with E-state index in [2.05, 4.69) is 24.5 Å². The van der Waals surface area contributed by atoms with Crippen molar-refractivity contribution in [3.63, 3.8) is 0 Å². The predicted octanol–water partition coefficient (Wildman–Crippen LogP) is 4.10. The van der Waals surface area contributed by atoms with Gasteiger partial charge in [0.2, 0.25) is 0 Å². The first-order chi connectivity index (χ1) is 8.76. The smallest absolute Gasteiger partial charge is 0.412 e. The van der Waals surface area contributed by atoms with Gasteiger partial charge in [0.15, 0.2) is 0 Å². The van der Waals surface area contributed by atoms with Crippen molar-refractivity contribution in [1.82, 2.24) is 0 Å². The molecule has 19 heavy (non-hydrogen) atoms. The number of ether oxygens (including phenoxy) is 1. The number of amides is 1. The number of rotatable bonds is 4. The highest BCUT2D eigenvalue weighted by atomic mass is 16.6. The van der Waals surface area contributed by atoms with Crippen LogP contribution in [0.1, 0.15) is 34.6 Å². The van der Waals surface area contributed by atoms with Crippen LogP contribution in [0.5, 0.6) is 0 Å². The van der Waals surface area contributed by atoms with Gasteiger partial charge in [-0.3, -0.25) is 5.32 Å². The molecule has 1 rings (SSSR count). The fourth-order valence-electron chi connectivity index (χ4n) is 1.45. The lowest BCUT2D eigenvalue weighted by molar-refractivity contribution is 0.0636. The predicted molar refractivity (Wildman–Crippen MR) is 79.6 cm³/mol. The molecular weight excluding hydrogens is 240 g/mol. The molecule has 0 bridgehead atoms. The molecule has 1 amide bonds. The van der Waals surface area contributed by atoms with Gasteiger partial charge in [-0.1, -0.05) is 19.9 Å². The van der Waals surface area contributed by atoms with Crippen molar-refractivity contribution in [2.24, 2.45) is 5.92 Å². The van der Waals surface area contributed by atoms with Crippen LogP contribution < -0.4 is 10.6 Å². The molecule has 0 atom stereocenters. The van der Waals surface area contributed by atoms with Gasteiger partial charge in [0.1, 0.15) is 5.60 Å². The topological polar surface area (TPSA) is 50.4 Å². The second kappa shape index (κ2) is 6.45. The summed E-state index contributed by atoms with van der Waals surface area (Å²) in [6, 6.07) is 7.61. The van der Waals surface area contributed by atoms with Crippen LogP contribution in [-0.4, -0.2) is 18.2 Å². The summed E-state index contributed by atoms with van der Waals surface area (Å²) in [5.41, 5.74) is 1.22. The Hall–Kier alpha value is -1.71. The van der Waals surface area contributed by atoms with Gasteiger partial charge in [0.25, 0.3) is 0 Å². The molecule has 106 valence electrons. The van der Waals surface area contributed by atoms with Gasteiger partial charge in [0, 0.05) is 17.9 Å². The van der Waals surface area contributed by atoms with Gasteiger partial charge in [0.05, 0.1) is 0 Å². The highest BCUT2D eigenvalue weighted by Crippen LogP contribution is 2.17. The monoisotopic (exact) mass is 264 g/mol. The maximum absolute atomic E-state index is 11.7. The van der Waals surface area contributed by atoms with E-state index in [4.69, 9.17) is 4.74 Å². The van der Waals surface area contributed by atoms with E-state index in [1.807, 2.05) is 45.0 Å². The number of anilines is 2. The lowest BCUT2D eigenvalue weighted by Crippen LogP contribution is -2.27. The standard InChI is InChI=1S/C15H24N2O2/c1-11(2)10-16-12-7-6-8-13(9-12)17-14(18)19-15(3,4)5/h6-9,11,16H,10H2,1-5H3,(H,17,18). The van der Waals surface area contributed by atoms with Crippen molar-refractivity contribution < 1.29 is 9.53 Å². The number of carbonyl (C=O) groups excluding carboxylic acids is 1. The minimum Gasteiger partial charge on any atom is -0.444 e. The Balaban J connectivity index is 2.59. The fourth-order valence-corrected chi connectivity index (χ4v) is 1.45. The summed E-state index contributed by atoms with van der Waals surface area (Å²) in [4.78, 5) is 11.7. The molecule has 0 spiro atoms. The molecule has 4 heteroatoms. The van der Waals surface area contributed by atoms with Gasteiger partial charge >= 0.3 is 6.09 Å². The van der Waals surface area contributed by atoms with E-state index in [1.54, 1.807) is 0 Å². The Morgan fingerprint density at radius 2 is 1.89 bits per heavy atom. The Morgan fingerprint density at radius 1 is 1.26 bits per heavy atom. The molecule has 0 saturated heterocycles. The Kier molecular flexibility index (Phi) is 5.21. The van der Waals surface area contributed by atoms with Gasteiger partial charge in [-0.15, -0.1) is 0 Å². The normalized spacial score (nSPS) is 11.3. The third-order valence-corrected chi connectivity index (χ3v) is 2.22. The summed E-state index contributed by atoms with van der Waals surface area (Å²) < 4.78 is 5.21. The van der Waals surface area contributed by atoms with Crippen LogP contribution in [-0.2, 0) is 4.74 Å². The average Bonchev–Trinajstić information content (AvgIpc) is 2.24. The van der Waals surface area contributed by atoms with Crippen molar-refractivity contribution >= 4 is 17.5 Å². The SMILES string of the molecule is CC(C)CNc1cccc(NC(=O)OC(C)(C)C)c1. The Morgan fingerprint density at radius 3 is 2.47 bits per heavy atom. The highest BCUT2D eigenvalue weighted by molar-refractivity contribution is 5.85. The van der Waals surface area contributed by atoms with Crippen LogP contribution in [0.2, 0.25) is 0 Å². The summed E-state index contributed by atoms with van der Waals surface area (Å²) in [5, 5.41) is 6.04. The first kappa shape index (κ1) is 15.3. The lowest BCUT2D eigenvalue weighted by atomic mass is 10.2. The minimum absolute atomic E-state index is 0.437. The van der Waals surface area contributed by atoms with E-state index in [-0.39, 0.29) is 0 Å². The van der Waals surface area contributed by atoms with Gasteiger partial charge < -0.3 is 10.1 Å². The number of hydrogen-bond acceptors (Lipinski definition) is 3. The first-order valence-corrected chi connectivity index (χ1v) is 6.60. The van der Waals surface area contributed by atoms with E-state index in [9.17, 15) is 4.79 Å². The molecule has 1 aromatic rings. The molecule has 0 radical (unpaired) electrons. The summed E-state index contributed by atoms with van der Waals surface area (Å²) in [5.74, 6) is 0.572. The quantitative estimate of drug-likeness (QED) is 0.860. The number of benzene rings is 1. The average molecular weight is 264 g/mol. The third kappa shape index (κ3) is 6.70. The molecule has 0 aliphatic rings. The van der Waals surface area contributed by atoms with Crippen LogP contribution in [0.25, 0.3) is 0 Å². The zero-order valence-corrected chi connectivity index (χ0v) is 12.4. The summed E-state index contributed by atoms with van der Waals surface area (Å²) in [6.45, 7) is 10.7. The van der Waals surface area contributed by atoms with E-state index in [0.29, 0.717) is 5.92 Å². The van der Waals surface area contributed by atoms with Crippen molar-refractivity contribution in [3.8, 4) is 0 Å². The second-order valence-corrected chi connectivity index (χ2v) is 5.98. The van der Waals surface area contributed by atoms with Crippen molar-refractivity contribution in [3.05, 3.63) is 24.3 Å². The molecule has 0 aliphatic heterocycles. The van der Waals surface area contributed by atoms with Gasteiger partial charge in [-0.25, -0.2) is 4.79 Å². The lowest BCUT2D eigenvalue weighted by Gasteiger charge is -2.20. The van der Waals surface area contributed by atoms with E-state index in [1.165, 1.54) is 0 Å². The minimum atomic E-state index is -0.489. The molecule has 0 saturated carbocycles. The largest absolute Gasteiger partial charge is 0.444 e. The molecule has 2 N–H and O–H groups in total. The number of carbonyl (C=O) groups is 1. The number of nitrogens with one attached hydrogen (secondary N) is 2. The maximum atomic E-state index is 11.7. The summed E-state index contributed by atoms with van der Waals surface area (Å²) >= 11 is 0. The van der Waals surface area contributed by atoms with Crippen molar-refractivity contribution in [2.75, 3.05) is 17.2 Å². The maximum Gasteiger partial charge on any atom is 0.412 e. The third-order valence-electron chi connectivity index (χ3n) is 2.22. The molecule has 0 aromatic heterocycles. The van der Waals surface area contributed by atoms with Crippen LogP contribution >= 0.6 is 0 Å². The van der Waals surface area contributed by atoms with Crippen LogP contribution in [0, 0.1) is 5.92 Å². The highest BCUT2D eigenvalue weighted by Gasteiger charge is 2.16. The fraction of sp³-hybridized carbons (Fsp3) is 0.533.